The SMILES string of the molecule is COc1ncccc1C(=O)c1cnc(C(F)(F)F)s1. The first-order valence-electron chi connectivity index (χ1n) is 5.00. The first-order valence-corrected chi connectivity index (χ1v) is 5.82. The van der Waals surface area contributed by atoms with E-state index in [1.807, 2.05) is 0 Å². The Bertz CT molecular complexity index is 610. The molecule has 0 fully saturated rings. The summed E-state index contributed by atoms with van der Waals surface area (Å²) >= 11 is 0.293. The molecule has 0 N–H and O–H groups in total. The number of thiazole rings is 1. The average molecular weight is 288 g/mol. The molecule has 8 heteroatoms. The topological polar surface area (TPSA) is 52.1 Å². The standard InChI is InChI=1S/C11H7F3N2O2S/c1-18-9-6(3-2-4-15-9)8(17)7-5-16-10(19-7)11(12,13)14/h2-5H,1H3. The number of hydrogen-bond acceptors (Lipinski definition) is 5. The molecule has 19 heavy (non-hydrogen) atoms. The molecule has 2 rings (SSSR count). The smallest absolute Gasteiger partial charge is 0.443 e. The van der Waals surface area contributed by atoms with Gasteiger partial charge in [-0.25, -0.2) is 9.97 Å². The van der Waals surface area contributed by atoms with Crippen LogP contribution in [-0.4, -0.2) is 22.9 Å². The molecule has 0 aliphatic rings. The molecule has 0 atom stereocenters. The van der Waals surface area contributed by atoms with Gasteiger partial charge in [-0.05, 0) is 12.1 Å². The van der Waals surface area contributed by atoms with E-state index in [4.69, 9.17) is 4.74 Å². The Balaban J connectivity index is 2.37. The lowest BCUT2D eigenvalue weighted by molar-refractivity contribution is -0.137. The Hall–Kier alpha value is -1.96. The Kier molecular flexibility index (Phi) is 3.52. The number of hydrogen-bond donors (Lipinski definition) is 0. The maximum atomic E-state index is 12.4. The summed E-state index contributed by atoms with van der Waals surface area (Å²) in [5.74, 6) is -0.535. The van der Waals surface area contributed by atoms with Crippen LogP contribution in [0.3, 0.4) is 0 Å². The minimum Gasteiger partial charge on any atom is -0.480 e. The minimum absolute atomic E-state index is 0.0643. The van der Waals surface area contributed by atoms with Crippen molar-refractivity contribution in [2.24, 2.45) is 0 Å². The van der Waals surface area contributed by atoms with Crippen molar-refractivity contribution in [3.63, 3.8) is 0 Å². The van der Waals surface area contributed by atoms with Gasteiger partial charge in [0.2, 0.25) is 11.7 Å². The molecule has 0 saturated carbocycles. The second-order valence-electron chi connectivity index (χ2n) is 3.42. The van der Waals surface area contributed by atoms with Crippen molar-refractivity contribution in [3.8, 4) is 5.88 Å². The molecule has 2 aromatic heterocycles. The zero-order valence-corrected chi connectivity index (χ0v) is 10.4. The molecular formula is C11H7F3N2O2S. The monoisotopic (exact) mass is 288 g/mol. The molecule has 100 valence electrons. The third-order valence-electron chi connectivity index (χ3n) is 2.18. The van der Waals surface area contributed by atoms with Crippen molar-refractivity contribution < 1.29 is 22.7 Å². The Morgan fingerprint density at radius 2 is 2.11 bits per heavy atom. The number of ketones is 1. The molecular weight excluding hydrogens is 281 g/mol. The van der Waals surface area contributed by atoms with Crippen LogP contribution >= 0.6 is 11.3 Å². The lowest BCUT2D eigenvalue weighted by atomic mass is 10.1. The highest BCUT2D eigenvalue weighted by Crippen LogP contribution is 2.33. The summed E-state index contributed by atoms with van der Waals surface area (Å²) in [5.41, 5.74) is 0.0994. The van der Waals surface area contributed by atoms with Crippen LogP contribution in [0.2, 0.25) is 0 Å². The molecule has 0 aliphatic heterocycles. The van der Waals surface area contributed by atoms with Crippen LogP contribution in [0.1, 0.15) is 20.2 Å². The van der Waals surface area contributed by atoms with Gasteiger partial charge in [0.05, 0.1) is 17.6 Å². The van der Waals surface area contributed by atoms with Crippen LogP contribution < -0.4 is 4.74 Å². The predicted octanol–water partition coefficient (Wildman–Crippen LogP) is 2.80. The van der Waals surface area contributed by atoms with Crippen LogP contribution in [0.5, 0.6) is 5.88 Å². The number of nitrogens with zero attached hydrogens (tertiary/aromatic N) is 2. The van der Waals surface area contributed by atoms with E-state index in [1.165, 1.54) is 25.4 Å². The van der Waals surface area contributed by atoms with Crippen molar-refractivity contribution >= 4 is 17.1 Å². The van der Waals surface area contributed by atoms with Gasteiger partial charge < -0.3 is 4.74 Å². The zero-order valence-electron chi connectivity index (χ0n) is 9.56. The van der Waals surface area contributed by atoms with Gasteiger partial charge in [-0.3, -0.25) is 4.79 Å². The number of carbonyl (C=O) groups excluding carboxylic acids is 1. The first kappa shape index (κ1) is 13.5. The molecule has 0 radical (unpaired) electrons. The number of carbonyl (C=O) groups is 1. The largest absolute Gasteiger partial charge is 0.480 e. The number of aromatic nitrogens is 2. The van der Waals surface area contributed by atoms with Crippen molar-refractivity contribution in [2.45, 2.75) is 6.18 Å². The summed E-state index contributed by atoms with van der Waals surface area (Å²) in [7, 11) is 1.33. The molecule has 0 spiro atoms. The number of rotatable bonds is 3. The molecule has 0 aliphatic carbocycles. The maximum absolute atomic E-state index is 12.4. The third-order valence-corrected chi connectivity index (χ3v) is 3.22. The molecule has 0 bridgehead atoms. The van der Waals surface area contributed by atoms with Crippen LogP contribution in [0.25, 0.3) is 0 Å². The molecule has 0 aromatic carbocycles. The summed E-state index contributed by atoms with van der Waals surface area (Å²) in [4.78, 5) is 19.0. The number of ether oxygens (including phenoxy) is 1. The van der Waals surface area contributed by atoms with E-state index < -0.39 is 17.0 Å². The normalized spacial score (nSPS) is 11.4. The van der Waals surface area contributed by atoms with E-state index in [1.54, 1.807) is 0 Å². The van der Waals surface area contributed by atoms with Crippen molar-refractivity contribution in [2.75, 3.05) is 7.11 Å². The number of alkyl halides is 3. The second-order valence-corrected chi connectivity index (χ2v) is 4.45. The summed E-state index contributed by atoms with van der Waals surface area (Å²) < 4.78 is 42.1. The molecule has 2 aromatic rings. The quantitative estimate of drug-likeness (QED) is 0.815. The van der Waals surface area contributed by atoms with Crippen molar-refractivity contribution in [3.05, 3.63) is 40.0 Å². The Morgan fingerprint density at radius 3 is 2.68 bits per heavy atom. The van der Waals surface area contributed by atoms with Gasteiger partial charge in [0, 0.05) is 12.4 Å². The lowest BCUT2D eigenvalue weighted by Gasteiger charge is -2.04. The van der Waals surface area contributed by atoms with Crippen LogP contribution in [-0.2, 0) is 6.18 Å². The van der Waals surface area contributed by atoms with Gasteiger partial charge in [0.1, 0.15) is 0 Å². The van der Waals surface area contributed by atoms with Crippen LogP contribution in [0.4, 0.5) is 13.2 Å². The summed E-state index contributed by atoms with van der Waals surface area (Å²) in [6.45, 7) is 0. The minimum atomic E-state index is -4.55. The zero-order chi connectivity index (χ0) is 14.0. The summed E-state index contributed by atoms with van der Waals surface area (Å²) in [6.07, 6.45) is -2.23. The number of methoxy groups -OCH3 is 1. The third kappa shape index (κ3) is 2.73. The summed E-state index contributed by atoms with van der Waals surface area (Å²) in [6, 6.07) is 2.93. The second kappa shape index (κ2) is 4.96. The van der Waals surface area contributed by atoms with Gasteiger partial charge in [-0.1, -0.05) is 0 Å². The lowest BCUT2D eigenvalue weighted by Crippen LogP contribution is -2.04. The summed E-state index contributed by atoms with van der Waals surface area (Å²) in [5, 5.41) is -1.06. The fraction of sp³-hybridized carbons (Fsp3) is 0.182. The highest BCUT2D eigenvalue weighted by molar-refractivity contribution is 7.14. The van der Waals surface area contributed by atoms with E-state index in [0.29, 0.717) is 11.3 Å². The molecule has 0 unspecified atom stereocenters. The van der Waals surface area contributed by atoms with Crippen molar-refractivity contribution in [1.29, 1.82) is 0 Å². The van der Waals surface area contributed by atoms with Gasteiger partial charge in [-0.15, -0.1) is 11.3 Å². The number of pyridine rings is 1. The fourth-order valence-electron chi connectivity index (χ4n) is 1.37. The molecule has 0 amide bonds. The maximum Gasteiger partial charge on any atom is 0.443 e. The molecule has 4 nitrogen and oxygen atoms in total. The average Bonchev–Trinajstić information content (AvgIpc) is 2.87. The van der Waals surface area contributed by atoms with Crippen LogP contribution in [0.15, 0.2) is 24.5 Å². The van der Waals surface area contributed by atoms with Crippen molar-refractivity contribution in [1.82, 2.24) is 9.97 Å². The molecule has 2 heterocycles. The Labute approximate surface area is 109 Å². The highest BCUT2D eigenvalue weighted by Gasteiger charge is 2.35. The first-order chi connectivity index (χ1) is 8.93. The van der Waals surface area contributed by atoms with Gasteiger partial charge >= 0.3 is 6.18 Å². The molecule has 0 saturated heterocycles. The predicted molar refractivity (Wildman–Crippen MR) is 61.3 cm³/mol. The van der Waals surface area contributed by atoms with E-state index in [2.05, 4.69) is 9.97 Å². The van der Waals surface area contributed by atoms with Crippen LogP contribution in [0, 0.1) is 0 Å². The van der Waals surface area contributed by atoms with E-state index in [9.17, 15) is 18.0 Å². The highest BCUT2D eigenvalue weighted by atomic mass is 32.1. The van der Waals surface area contributed by atoms with E-state index >= 15 is 0 Å². The van der Waals surface area contributed by atoms with Gasteiger partial charge in [0.15, 0.2) is 5.01 Å². The Morgan fingerprint density at radius 1 is 1.37 bits per heavy atom. The van der Waals surface area contributed by atoms with Gasteiger partial charge in [0.25, 0.3) is 0 Å². The van der Waals surface area contributed by atoms with Gasteiger partial charge in [-0.2, -0.15) is 13.2 Å². The van der Waals surface area contributed by atoms with E-state index in [0.717, 1.165) is 6.20 Å². The fourth-order valence-corrected chi connectivity index (χ4v) is 2.11. The van der Waals surface area contributed by atoms with E-state index in [-0.39, 0.29) is 16.3 Å². The number of halogens is 3.